The van der Waals surface area contributed by atoms with Crippen molar-refractivity contribution in [3.05, 3.63) is 96.0 Å². The number of thiazole rings is 1. The van der Waals surface area contributed by atoms with E-state index in [1.54, 1.807) is 55.1 Å². The standard InChI is InChI=1S/C25H22N2O5S3/c1-32-20-11-7-17(8-12-20)18-9-13-21(14-10-18)35(30,31)27-22(24(28)29)23(19-5-3-2-4-6-19)34-25-26-15-16-33-25/h2-16,22-23,27H,1H3,(H,28,29). The van der Waals surface area contributed by atoms with Crippen LogP contribution in [0.2, 0.25) is 0 Å². The van der Waals surface area contributed by atoms with Crippen molar-refractivity contribution in [2.45, 2.75) is 20.5 Å². The van der Waals surface area contributed by atoms with E-state index in [4.69, 9.17) is 4.74 Å². The molecule has 0 saturated heterocycles. The quantitative estimate of drug-likeness (QED) is 0.278. The lowest BCUT2D eigenvalue weighted by molar-refractivity contribution is -0.139. The van der Waals surface area contributed by atoms with Crippen LogP contribution in [0.15, 0.2) is 99.7 Å². The third kappa shape index (κ3) is 6.09. The number of hydrogen-bond acceptors (Lipinski definition) is 7. The summed E-state index contributed by atoms with van der Waals surface area (Å²) in [6.45, 7) is 0. The Morgan fingerprint density at radius 1 is 1.00 bits per heavy atom. The van der Waals surface area contributed by atoms with Crippen LogP contribution in [-0.4, -0.2) is 37.6 Å². The highest BCUT2D eigenvalue weighted by molar-refractivity contribution is 8.01. The van der Waals surface area contributed by atoms with Gasteiger partial charge in [-0.05, 0) is 41.0 Å². The van der Waals surface area contributed by atoms with Crippen molar-refractivity contribution in [2.24, 2.45) is 0 Å². The van der Waals surface area contributed by atoms with E-state index in [2.05, 4.69) is 9.71 Å². The van der Waals surface area contributed by atoms with E-state index in [-0.39, 0.29) is 4.90 Å². The van der Waals surface area contributed by atoms with Crippen LogP contribution in [0, 0.1) is 0 Å². The van der Waals surface area contributed by atoms with Crippen molar-refractivity contribution in [1.82, 2.24) is 9.71 Å². The highest BCUT2D eigenvalue weighted by Crippen LogP contribution is 2.39. The minimum Gasteiger partial charge on any atom is -0.497 e. The summed E-state index contributed by atoms with van der Waals surface area (Å²) in [5.41, 5.74) is 2.40. The summed E-state index contributed by atoms with van der Waals surface area (Å²) < 4.78 is 34.6. The predicted octanol–water partition coefficient (Wildman–Crippen LogP) is 5.08. The topological polar surface area (TPSA) is 106 Å². The molecule has 0 fully saturated rings. The molecule has 7 nitrogen and oxygen atoms in total. The smallest absolute Gasteiger partial charge is 0.323 e. The van der Waals surface area contributed by atoms with Gasteiger partial charge >= 0.3 is 5.97 Å². The maximum atomic E-state index is 13.2. The Kier molecular flexibility index (Phi) is 7.86. The number of carboxylic acid groups (broad SMARTS) is 1. The number of aromatic nitrogens is 1. The molecule has 1 aromatic heterocycles. The number of aliphatic carboxylic acids is 1. The minimum atomic E-state index is -4.13. The molecule has 0 saturated carbocycles. The summed E-state index contributed by atoms with van der Waals surface area (Å²) in [5.74, 6) is -0.554. The van der Waals surface area contributed by atoms with Gasteiger partial charge in [-0.2, -0.15) is 4.72 Å². The fraction of sp³-hybridized carbons (Fsp3) is 0.120. The van der Waals surface area contributed by atoms with E-state index < -0.39 is 27.3 Å². The second-order valence-corrected chi connectivity index (χ2v) is 11.4. The molecule has 0 aliphatic carbocycles. The average Bonchev–Trinajstić information content (AvgIpc) is 3.40. The highest BCUT2D eigenvalue weighted by Gasteiger charge is 2.35. The second kappa shape index (κ2) is 11.0. The Labute approximate surface area is 211 Å². The maximum absolute atomic E-state index is 13.2. The Morgan fingerprint density at radius 2 is 1.63 bits per heavy atom. The number of carboxylic acids is 1. The number of hydrogen-bond donors (Lipinski definition) is 2. The van der Waals surface area contributed by atoms with Gasteiger partial charge in [0.05, 0.1) is 17.3 Å². The molecule has 0 radical (unpaired) electrons. The molecular weight excluding hydrogens is 504 g/mol. The number of ether oxygens (including phenoxy) is 1. The predicted molar refractivity (Wildman–Crippen MR) is 137 cm³/mol. The van der Waals surface area contributed by atoms with Crippen LogP contribution in [0.5, 0.6) is 5.75 Å². The lowest BCUT2D eigenvalue weighted by Crippen LogP contribution is -2.44. The lowest BCUT2D eigenvalue weighted by Gasteiger charge is -2.24. The molecule has 35 heavy (non-hydrogen) atoms. The van der Waals surface area contributed by atoms with Gasteiger partial charge in [-0.15, -0.1) is 11.3 Å². The molecule has 2 N–H and O–H groups in total. The molecule has 0 amide bonds. The zero-order valence-corrected chi connectivity index (χ0v) is 21.0. The van der Waals surface area contributed by atoms with Crippen molar-refractivity contribution in [1.29, 1.82) is 0 Å². The zero-order valence-electron chi connectivity index (χ0n) is 18.6. The molecule has 0 aliphatic heterocycles. The molecule has 0 spiro atoms. The van der Waals surface area contributed by atoms with Gasteiger partial charge in [-0.3, -0.25) is 4.79 Å². The van der Waals surface area contributed by atoms with Crippen molar-refractivity contribution >= 4 is 39.1 Å². The Hall–Kier alpha value is -3.18. The van der Waals surface area contributed by atoms with Crippen LogP contribution in [0.3, 0.4) is 0 Å². The summed E-state index contributed by atoms with van der Waals surface area (Å²) in [4.78, 5) is 16.5. The highest BCUT2D eigenvalue weighted by atomic mass is 32.2. The van der Waals surface area contributed by atoms with E-state index in [0.29, 0.717) is 9.90 Å². The molecule has 1 heterocycles. The third-order valence-corrected chi connectivity index (χ3v) is 8.91. The molecule has 4 aromatic rings. The number of rotatable bonds is 10. The Morgan fingerprint density at radius 3 is 2.17 bits per heavy atom. The number of benzene rings is 3. The average molecular weight is 527 g/mol. The van der Waals surface area contributed by atoms with Crippen molar-refractivity contribution in [2.75, 3.05) is 7.11 Å². The summed E-state index contributed by atoms with van der Waals surface area (Å²) >= 11 is 2.58. The monoisotopic (exact) mass is 526 g/mol. The summed E-state index contributed by atoms with van der Waals surface area (Å²) in [6.07, 6.45) is 1.62. The summed E-state index contributed by atoms with van der Waals surface area (Å²) in [6, 6.07) is 21.2. The van der Waals surface area contributed by atoms with Gasteiger partial charge in [0.25, 0.3) is 0 Å². The van der Waals surface area contributed by atoms with Crippen LogP contribution in [0.25, 0.3) is 11.1 Å². The number of methoxy groups -OCH3 is 1. The van der Waals surface area contributed by atoms with Gasteiger partial charge in [0.2, 0.25) is 10.0 Å². The summed E-state index contributed by atoms with van der Waals surface area (Å²) in [7, 11) is -2.54. The van der Waals surface area contributed by atoms with Crippen LogP contribution in [0.1, 0.15) is 10.8 Å². The van der Waals surface area contributed by atoms with Gasteiger partial charge in [-0.1, -0.05) is 66.4 Å². The molecule has 3 aromatic carbocycles. The van der Waals surface area contributed by atoms with E-state index in [0.717, 1.165) is 16.9 Å². The number of carbonyl (C=O) groups is 1. The number of nitrogens with zero attached hydrogens (tertiary/aromatic N) is 1. The molecule has 180 valence electrons. The van der Waals surface area contributed by atoms with Crippen molar-refractivity contribution in [3.8, 4) is 16.9 Å². The molecule has 4 rings (SSSR count). The number of nitrogens with one attached hydrogen (secondary N) is 1. The first kappa shape index (κ1) is 24.9. The van der Waals surface area contributed by atoms with Gasteiger partial charge in [0.1, 0.15) is 16.1 Å². The van der Waals surface area contributed by atoms with E-state index >= 15 is 0 Å². The molecule has 0 bridgehead atoms. The van der Waals surface area contributed by atoms with Gasteiger partial charge in [0.15, 0.2) is 0 Å². The number of thioether (sulfide) groups is 1. The van der Waals surface area contributed by atoms with E-state index in [1.165, 1.54) is 35.2 Å². The van der Waals surface area contributed by atoms with Crippen molar-refractivity contribution < 1.29 is 23.1 Å². The minimum absolute atomic E-state index is 0.0212. The van der Waals surface area contributed by atoms with Crippen LogP contribution >= 0.6 is 23.1 Å². The number of sulfonamides is 1. The Balaban J connectivity index is 1.61. The first-order valence-electron chi connectivity index (χ1n) is 10.5. The molecule has 2 unspecified atom stereocenters. The molecule has 10 heteroatoms. The fourth-order valence-electron chi connectivity index (χ4n) is 3.44. The normalized spacial score (nSPS) is 13.2. The van der Waals surface area contributed by atoms with Gasteiger partial charge in [-0.25, -0.2) is 13.4 Å². The summed E-state index contributed by atoms with van der Waals surface area (Å²) in [5, 5.41) is 11.1. The SMILES string of the molecule is COc1ccc(-c2ccc(S(=O)(=O)NC(C(=O)O)C(Sc3nccs3)c3ccccc3)cc2)cc1. The van der Waals surface area contributed by atoms with Crippen LogP contribution in [0.4, 0.5) is 0 Å². The first-order chi connectivity index (χ1) is 16.9. The van der Waals surface area contributed by atoms with E-state index in [1.807, 2.05) is 30.3 Å². The first-order valence-corrected chi connectivity index (χ1v) is 13.7. The molecule has 2 atom stereocenters. The van der Waals surface area contributed by atoms with Gasteiger partial charge in [0, 0.05) is 11.6 Å². The molecule has 0 aliphatic rings. The zero-order chi connectivity index (χ0) is 24.8. The maximum Gasteiger partial charge on any atom is 0.323 e. The molecular formula is C25H22N2O5S3. The van der Waals surface area contributed by atoms with Crippen LogP contribution in [-0.2, 0) is 14.8 Å². The third-order valence-electron chi connectivity index (χ3n) is 5.20. The second-order valence-electron chi connectivity index (χ2n) is 7.44. The Bertz CT molecular complexity index is 1360. The fourth-order valence-corrected chi connectivity index (χ4v) is 6.74. The lowest BCUT2D eigenvalue weighted by atomic mass is 10.1. The van der Waals surface area contributed by atoms with Gasteiger partial charge < -0.3 is 9.84 Å². The van der Waals surface area contributed by atoms with E-state index in [9.17, 15) is 18.3 Å². The van der Waals surface area contributed by atoms with Crippen molar-refractivity contribution in [3.63, 3.8) is 0 Å². The largest absolute Gasteiger partial charge is 0.497 e. The van der Waals surface area contributed by atoms with Crippen LogP contribution < -0.4 is 9.46 Å².